The molecular formula is C13H10BrClN2O2. The van der Waals surface area contributed by atoms with E-state index in [0.29, 0.717) is 16.3 Å². The van der Waals surface area contributed by atoms with E-state index in [9.17, 15) is 4.79 Å². The van der Waals surface area contributed by atoms with E-state index in [1.165, 1.54) is 6.07 Å². The van der Waals surface area contributed by atoms with Crippen LogP contribution in [-0.4, -0.2) is 10.9 Å². The molecule has 1 heterocycles. The number of rotatable bonds is 4. The van der Waals surface area contributed by atoms with Gasteiger partial charge in [-0.2, -0.15) is 0 Å². The van der Waals surface area contributed by atoms with Crippen LogP contribution in [0.15, 0.2) is 41.1 Å². The molecule has 0 spiro atoms. The number of pyridine rings is 1. The van der Waals surface area contributed by atoms with Gasteiger partial charge < -0.3 is 10.5 Å². The van der Waals surface area contributed by atoms with Gasteiger partial charge in [-0.05, 0) is 34.1 Å². The number of ether oxygens (including phenoxy) is 1. The second-order valence-corrected chi connectivity index (χ2v) is 5.12. The first-order valence-electron chi connectivity index (χ1n) is 5.38. The van der Waals surface area contributed by atoms with Crippen molar-refractivity contribution in [2.45, 2.75) is 6.61 Å². The number of carbonyl (C=O) groups excluding carboxylic acids is 1. The van der Waals surface area contributed by atoms with Crippen LogP contribution in [0, 0.1) is 0 Å². The summed E-state index contributed by atoms with van der Waals surface area (Å²) in [5.74, 6) is 0.120. The van der Waals surface area contributed by atoms with Gasteiger partial charge in [-0.1, -0.05) is 17.7 Å². The fraction of sp³-hybridized carbons (Fsp3) is 0.0769. The van der Waals surface area contributed by atoms with Gasteiger partial charge in [0.15, 0.2) is 0 Å². The van der Waals surface area contributed by atoms with Gasteiger partial charge in [0.1, 0.15) is 12.4 Å². The molecule has 6 heteroatoms. The molecule has 0 saturated carbocycles. The number of hydrogen-bond acceptors (Lipinski definition) is 3. The van der Waals surface area contributed by atoms with Gasteiger partial charge in [0.2, 0.25) is 5.91 Å². The Morgan fingerprint density at radius 3 is 2.79 bits per heavy atom. The normalized spacial score (nSPS) is 10.2. The molecular weight excluding hydrogens is 332 g/mol. The molecule has 0 aliphatic carbocycles. The van der Waals surface area contributed by atoms with E-state index >= 15 is 0 Å². The van der Waals surface area contributed by atoms with Gasteiger partial charge in [0, 0.05) is 26.8 Å². The molecule has 2 rings (SSSR count). The summed E-state index contributed by atoms with van der Waals surface area (Å²) < 4.78 is 6.39. The van der Waals surface area contributed by atoms with Crippen molar-refractivity contribution in [3.63, 3.8) is 0 Å². The fourth-order valence-corrected chi connectivity index (χ4v) is 2.03. The van der Waals surface area contributed by atoms with Crippen LogP contribution in [0.25, 0.3) is 0 Å². The molecule has 0 atom stereocenters. The lowest BCUT2D eigenvalue weighted by Gasteiger charge is -2.08. The monoisotopic (exact) mass is 340 g/mol. The highest BCUT2D eigenvalue weighted by molar-refractivity contribution is 9.10. The molecule has 2 N–H and O–H groups in total. The third kappa shape index (κ3) is 3.68. The van der Waals surface area contributed by atoms with Crippen LogP contribution in [0.3, 0.4) is 0 Å². The van der Waals surface area contributed by atoms with E-state index in [4.69, 9.17) is 22.1 Å². The molecule has 1 aromatic carbocycles. The average Bonchev–Trinajstić information content (AvgIpc) is 2.37. The molecule has 0 unspecified atom stereocenters. The Morgan fingerprint density at radius 2 is 2.16 bits per heavy atom. The summed E-state index contributed by atoms with van der Waals surface area (Å²) in [6.45, 7) is 0.288. The molecule has 0 bridgehead atoms. The Kier molecular flexibility index (Phi) is 4.39. The van der Waals surface area contributed by atoms with Crippen molar-refractivity contribution in [1.29, 1.82) is 0 Å². The summed E-state index contributed by atoms with van der Waals surface area (Å²) in [5.41, 5.74) is 6.32. The zero-order chi connectivity index (χ0) is 13.8. The predicted molar refractivity (Wildman–Crippen MR) is 76.2 cm³/mol. The summed E-state index contributed by atoms with van der Waals surface area (Å²) in [5, 5.41) is 0.444. The van der Waals surface area contributed by atoms with Crippen molar-refractivity contribution in [2.75, 3.05) is 0 Å². The molecule has 0 aliphatic rings. The van der Waals surface area contributed by atoms with Gasteiger partial charge >= 0.3 is 0 Å². The van der Waals surface area contributed by atoms with Crippen LogP contribution in [0.1, 0.15) is 15.9 Å². The van der Waals surface area contributed by atoms with Crippen molar-refractivity contribution in [3.05, 3.63) is 57.3 Å². The quantitative estimate of drug-likeness (QED) is 0.929. The summed E-state index contributed by atoms with van der Waals surface area (Å²) >= 11 is 9.37. The van der Waals surface area contributed by atoms with E-state index in [1.54, 1.807) is 30.6 Å². The minimum atomic E-state index is -0.509. The highest BCUT2D eigenvalue weighted by Gasteiger charge is 2.06. The number of primary amides is 1. The molecule has 19 heavy (non-hydrogen) atoms. The van der Waals surface area contributed by atoms with Gasteiger partial charge in [-0.3, -0.25) is 9.78 Å². The lowest BCUT2D eigenvalue weighted by Crippen LogP contribution is -2.11. The van der Waals surface area contributed by atoms with Crippen molar-refractivity contribution in [1.82, 2.24) is 4.98 Å². The van der Waals surface area contributed by atoms with E-state index in [1.807, 2.05) is 0 Å². The molecule has 2 aromatic rings. The molecule has 0 saturated heterocycles. The SMILES string of the molecule is NC(=O)c1ccc(COc2cncc(Br)c2)c(Cl)c1. The molecule has 4 nitrogen and oxygen atoms in total. The van der Waals surface area contributed by atoms with Crippen molar-refractivity contribution in [2.24, 2.45) is 5.73 Å². The van der Waals surface area contributed by atoms with Crippen molar-refractivity contribution < 1.29 is 9.53 Å². The maximum absolute atomic E-state index is 11.0. The van der Waals surface area contributed by atoms with E-state index in [-0.39, 0.29) is 6.61 Å². The number of benzene rings is 1. The Bertz CT molecular complexity index is 619. The number of nitrogens with two attached hydrogens (primary N) is 1. The number of halogens is 2. The summed E-state index contributed by atoms with van der Waals surface area (Å²) in [6, 6.07) is 6.67. The van der Waals surface area contributed by atoms with Crippen LogP contribution in [0.5, 0.6) is 5.75 Å². The molecule has 0 radical (unpaired) electrons. The third-order valence-corrected chi connectivity index (χ3v) is 3.20. The highest BCUT2D eigenvalue weighted by atomic mass is 79.9. The predicted octanol–water partition coefficient (Wildman–Crippen LogP) is 3.18. The number of nitrogens with zero attached hydrogens (tertiary/aromatic N) is 1. The number of aromatic nitrogens is 1. The lowest BCUT2D eigenvalue weighted by atomic mass is 10.1. The smallest absolute Gasteiger partial charge is 0.248 e. The molecule has 98 valence electrons. The second-order valence-electron chi connectivity index (χ2n) is 3.80. The van der Waals surface area contributed by atoms with Crippen LogP contribution in [-0.2, 0) is 6.61 Å². The maximum Gasteiger partial charge on any atom is 0.248 e. The number of amides is 1. The second kappa shape index (κ2) is 6.04. The lowest BCUT2D eigenvalue weighted by molar-refractivity contribution is 0.1000. The summed E-state index contributed by atoms with van der Waals surface area (Å²) in [7, 11) is 0. The van der Waals surface area contributed by atoms with Crippen LogP contribution in [0.2, 0.25) is 5.02 Å². The van der Waals surface area contributed by atoms with Crippen molar-refractivity contribution >= 4 is 33.4 Å². The van der Waals surface area contributed by atoms with E-state index in [2.05, 4.69) is 20.9 Å². The Labute approximate surface area is 123 Å². The Balaban J connectivity index is 2.10. The maximum atomic E-state index is 11.0. The van der Waals surface area contributed by atoms with Gasteiger partial charge in [0.25, 0.3) is 0 Å². The standard InChI is InChI=1S/C13H10BrClN2O2/c14-10-4-11(6-17-5-10)19-7-9-2-1-8(13(16)18)3-12(9)15/h1-6H,7H2,(H2,16,18). The minimum Gasteiger partial charge on any atom is -0.487 e. The molecule has 1 amide bonds. The zero-order valence-electron chi connectivity index (χ0n) is 9.77. The third-order valence-electron chi connectivity index (χ3n) is 2.41. The Morgan fingerprint density at radius 1 is 1.37 bits per heavy atom. The van der Waals surface area contributed by atoms with Gasteiger partial charge in [-0.15, -0.1) is 0 Å². The number of hydrogen-bond donors (Lipinski definition) is 1. The average molecular weight is 342 g/mol. The van der Waals surface area contributed by atoms with Crippen LogP contribution in [0.4, 0.5) is 0 Å². The highest BCUT2D eigenvalue weighted by Crippen LogP contribution is 2.21. The van der Waals surface area contributed by atoms with Crippen molar-refractivity contribution in [3.8, 4) is 5.75 Å². The number of carbonyl (C=O) groups is 1. The van der Waals surface area contributed by atoms with Crippen LogP contribution >= 0.6 is 27.5 Å². The van der Waals surface area contributed by atoms with E-state index in [0.717, 1.165) is 10.0 Å². The molecule has 0 aliphatic heterocycles. The van der Waals surface area contributed by atoms with E-state index < -0.39 is 5.91 Å². The molecule has 0 fully saturated rings. The largest absolute Gasteiger partial charge is 0.487 e. The van der Waals surface area contributed by atoms with Crippen LogP contribution < -0.4 is 10.5 Å². The molecule has 1 aromatic heterocycles. The minimum absolute atomic E-state index is 0.288. The topological polar surface area (TPSA) is 65.2 Å². The zero-order valence-corrected chi connectivity index (χ0v) is 12.1. The first kappa shape index (κ1) is 13.8. The Hall–Kier alpha value is -1.59. The van der Waals surface area contributed by atoms with Gasteiger partial charge in [-0.25, -0.2) is 0 Å². The first-order valence-corrected chi connectivity index (χ1v) is 6.55. The summed E-state index contributed by atoms with van der Waals surface area (Å²) in [6.07, 6.45) is 3.28. The summed E-state index contributed by atoms with van der Waals surface area (Å²) in [4.78, 5) is 15.0. The van der Waals surface area contributed by atoms with Gasteiger partial charge in [0.05, 0.1) is 6.20 Å². The first-order chi connectivity index (χ1) is 9.06. The fourth-order valence-electron chi connectivity index (χ4n) is 1.45.